The maximum Gasteiger partial charge on any atom is 0.0371 e. The normalized spacial score (nSPS) is 30.5. The van der Waals surface area contributed by atoms with Crippen molar-refractivity contribution in [1.82, 2.24) is 9.80 Å². The second kappa shape index (κ2) is 6.88. The van der Waals surface area contributed by atoms with Crippen LogP contribution in [0.25, 0.3) is 0 Å². The smallest absolute Gasteiger partial charge is 0.0371 e. The van der Waals surface area contributed by atoms with Crippen LogP contribution in [0.5, 0.6) is 0 Å². The van der Waals surface area contributed by atoms with Crippen molar-refractivity contribution < 1.29 is 0 Å². The fourth-order valence-electron chi connectivity index (χ4n) is 3.69. The average Bonchev–Trinajstić information content (AvgIpc) is 2.80. The second-order valence-corrected chi connectivity index (χ2v) is 6.56. The fraction of sp³-hybridized carbons (Fsp3) is 1.00. The van der Waals surface area contributed by atoms with Gasteiger partial charge in [0.15, 0.2) is 0 Å². The molecule has 2 N–H and O–H groups in total. The highest BCUT2D eigenvalue weighted by Crippen LogP contribution is 2.29. The molecule has 2 fully saturated rings. The average molecular weight is 253 g/mol. The molecule has 2 aliphatic rings. The van der Waals surface area contributed by atoms with E-state index < -0.39 is 0 Å². The van der Waals surface area contributed by atoms with Crippen molar-refractivity contribution in [1.29, 1.82) is 0 Å². The summed E-state index contributed by atoms with van der Waals surface area (Å²) in [5, 5.41) is 0. The molecule has 0 aromatic rings. The molecule has 3 nitrogen and oxygen atoms in total. The zero-order valence-corrected chi connectivity index (χ0v) is 12.3. The molecule has 2 rings (SSSR count). The number of rotatable bonds is 4. The first-order chi connectivity index (χ1) is 8.66. The Hall–Kier alpha value is -0.120. The van der Waals surface area contributed by atoms with Crippen molar-refractivity contribution in [3.05, 3.63) is 0 Å². The van der Waals surface area contributed by atoms with E-state index in [0.717, 1.165) is 12.5 Å². The molecule has 1 saturated heterocycles. The van der Waals surface area contributed by atoms with E-state index >= 15 is 0 Å². The zero-order valence-electron chi connectivity index (χ0n) is 12.3. The molecule has 0 aromatic heterocycles. The molecule has 1 aliphatic heterocycles. The van der Waals surface area contributed by atoms with Crippen LogP contribution in [0.15, 0.2) is 0 Å². The maximum absolute atomic E-state index is 6.48. The van der Waals surface area contributed by atoms with Gasteiger partial charge in [0, 0.05) is 18.6 Å². The van der Waals surface area contributed by atoms with Crippen LogP contribution in [-0.2, 0) is 0 Å². The highest BCUT2D eigenvalue weighted by atomic mass is 15.2. The van der Waals surface area contributed by atoms with Crippen LogP contribution in [0.1, 0.15) is 44.9 Å². The first kappa shape index (κ1) is 14.3. The Labute approximate surface area is 113 Å². The number of hydrogen-bond donors (Lipinski definition) is 1. The largest absolute Gasteiger partial charge is 0.326 e. The third-order valence-electron chi connectivity index (χ3n) is 4.99. The zero-order chi connectivity index (χ0) is 13.0. The monoisotopic (exact) mass is 253 g/mol. The molecule has 0 aromatic carbocycles. The third-order valence-corrected chi connectivity index (χ3v) is 4.99. The van der Waals surface area contributed by atoms with Gasteiger partial charge in [0.2, 0.25) is 0 Å². The van der Waals surface area contributed by atoms with E-state index in [1.807, 2.05) is 0 Å². The van der Waals surface area contributed by atoms with Gasteiger partial charge in [-0.3, -0.25) is 0 Å². The Bertz CT molecular complexity index is 238. The van der Waals surface area contributed by atoms with Crippen molar-refractivity contribution in [2.45, 2.75) is 57.0 Å². The molecule has 3 heteroatoms. The van der Waals surface area contributed by atoms with Crippen molar-refractivity contribution >= 4 is 0 Å². The molecule has 1 aliphatic carbocycles. The lowest BCUT2D eigenvalue weighted by Crippen LogP contribution is -2.50. The van der Waals surface area contributed by atoms with Crippen molar-refractivity contribution in [3.63, 3.8) is 0 Å². The van der Waals surface area contributed by atoms with Gasteiger partial charge in [0.05, 0.1) is 0 Å². The van der Waals surface area contributed by atoms with Gasteiger partial charge in [-0.25, -0.2) is 0 Å². The molecule has 0 spiro atoms. The summed E-state index contributed by atoms with van der Waals surface area (Å²) in [6, 6.07) is 0.912. The van der Waals surface area contributed by atoms with Gasteiger partial charge < -0.3 is 15.5 Å². The quantitative estimate of drug-likeness (QED) is 0.831. The molecule has 0 radical (unpaired) electrons. The molecule has 0 amide bonds. The predicted octanol–water partition coefficient (Wildman–Crippen LogP) is 1.92. The number of nitrogens with two attached hydrogens (primary N) is 1. The van der Waals surface area contributed by atoms with E-state index in [2.05, 4.69) is 23.9 Å². The van der Waals surface area contributed by atoms with Gasteiger partial charge >= 0.3 is 0 Å². The Morgan fingerprint density at radius 3 is 2.56 bits per heavy atom. The molecular weight excluding hydrogens is 222 g/mol. The van der Waals surface area contributed by atoms with E-state index in [1.54, 1.807) is 0 Å². The summed E-state index contributed by atoms with van der Waals surface area (Å²) in [5.74, 6) is 0.977. The number of hydrogen-bond acceptors (Lipinski definition) is 3. The highest BCUT2D eigenvalue weighted by Gasteiger charge is 2.26. The van der Waals surface area contributed by atoms with Crippen LogP contribution >= 0.6 is 0 Å². The first-order valence-electron chi connectivity index (χ1n) is 7.81. The summed E-state index contributed by atoms with van der Waals surface area (Å²) < 4.78 is 0. The molecule has 2 unspecified atom stereocenters. The molecule has 1 heterocycles. The van der Waals surface area contributed by atoms with Gasteiger partial charge in [0.1, 0.15) is 0 Å². The lowest BCUT2D eigenvalue weighted by Gasteiger charge is -2.32. The van der Waals surface area contributed by atoms with Crippen molar-refractivity contribution in [2.24, 2.45) is 11.7 Å². The first-order valence-corrected chi connectivity index (χ1v) is 7.81. The van der Waals surface area contributed by atoms with E-state index in [0.29, 0.717) is 12.1 Å². The maximum atomic E-state index is 6.48. The number of likely N-dealkylation sites (N-methyl/N-ethyl adjacent to an activating group) is 2. The van der Waals surface area contributed by atoms with Crippen molar-refractivity contribution in [3.8, 4) is 0 Å². The number of nitrogens with zero attached hydrogens (tertiary/aromatic N) is 2. The Morgan fingerprint density at radius 2 is 1.83 bits per heavy atom. The molecule has 106 valence electrons. The van der Waals surface area contributed by atoms with Gasteiger partial charge in [-0.15, -0.1) is 0 Å². The topological polar surface area (TPSA) is 32.5 Å². The van der Waals surface area contributed by atoms with E-state index in [-0.39, 0.29) is 0 Å². The Morgan fingerprint density at radius 1 is 1.11 bits per heavy atom. The third kappa shape index (κ3) is 3.94. The Balaban J connectivity index is 1.79. The molecular formula is C15H31N3. The van der Waals surface area contributed by atoms with Gasteiger partial charge in [-0.05, 0) is 52.4 Å². The molecule has 0 bridgehead atoms. The van der Waals surface area contributed by atoms with E-state index in [4.69, 9.17) is 5.73 Å². The minimum Gasteiger partial charge on any atom is -0.326 e. The predicted molar refractivity (Wildman–Crippen MR) is 77.7 cm³/mol. The summed E-state index contributed by atoms with van der Waals surface area (Å²) in [4.78, 5) is 4.94. The van der Waals surface area contributed by atoms with Crippen molar-refractivity contribution in [2.75, 3.05) is 33.7 Å². The van der Waals surface area contributed by atoms with Crippen LogP contribution in [0.3, 0.4) is 0 Å². The molecule has 1 saturated carbocycles. The lowest BCUT2D eigenvalue weighted by atomic mass is 9.95. The minimum atomic E-state index is 0.358. The highest BCUT2D eigenvalue weighted by molar-refractivity contribution is 4.86. The standard InChI is InChI=1S/C15H31N3/c1-17-10-5-11-18(2)15(12-17)14(16)9-8-13-6-3-4-7-13/h13-15H,3-12,16H2,1-2H3. The SMILES string of the molecule is CN1CCCN(C)C(C(N)CCC2CCCC2)C1. The summed E-state index contributed by atoms with van der Waals surface area (Å²) >= 11 is 0. The molecule has 18 heavy (non-hydrogen) atoms. The van der Waals surface area contributed by atoms with Gasteiger partial charge in [-0.2, -0.15) is 0 Å². The summed E-state index contributed by atoms with van der Waals surface area (Å²) in [5.41, 5.74) is 6.48. The van der Waals surface area contributed by atoms with E-state index in [9.17, 15) is 0 Å². The fourth-order valence-corrected chi connectivity index (χ4v) is 3.69. The van der Waals surface area contributed by atoms with Crippen LogP contribution in [-0.4, -0.2) is 55.6 Å². The molecule has 2 atom stereocenters. The van der Waals surface area contributed by atoms with Crippen LogP contribution in [0.4, 0.5) is 0 Å². The van der Waals surface area contributed by atoms with Crippen LogP contribution in [0, 0.1) is 5.92 Å². The summed E-state index contributed by atoms with van der Waals surface area (Å²) in [6.07, 6.45) is 9.65. The lowest BCUT2D eigenvalue weighted by molar-refractivity contribution is 0.186. The van der Waals surface area contributed by atoms with Crippen LogP contribution < -0.4 is 5.73 Å². The summed E-state index contributed by atoms with van der Waals surface area (Å²) in [7, 11) is 4.48. The summed E-state index contributed by atoms with van der Waals surface area (Å²) in [6.45, 7) is 3.56. The van der Waals surface area contributed by atoms with Crippen LogP contribution in [0.2, 0.25) is 0 Å². The minimum absolute atomic E-state index is 0.358. The second-order valence-electron chi connectivity index (χ2n) is 6.56. The van der Waals surface area contributed by atoms with E-state index in [1.165, 1.54) is 58.0 Å². The Kier molecular flexibility index (Phi) is 5.46. The van der Waals surface area contributed by atoms with Gasteiger partial charge in [-0.1, -0.05) is 25.7 Å². The van der Waals surface area contributed by atoms with Gasteiger partial charge in [0.25, 0.3) is 0 Å².